The highest BCUT2D eigenvalue weighted by molar-refractivity contribution is 5.71. The van der Waals surface area contributed by atoms with Gasteiger partial charge in [-0.1, -0.05) is 24.3 Å². The van der Waals surface area contributed by atoms with Crippen LogP contribution in [0.25, 0.3) is 0 Å². The molecule has 0 aliphatic carbocycles. The van der Waals surface area contributed by atoms with Crippen molar-refractivity contribution in [1.82, 2.24) is 0 Å². The minimum absolute atomic E-state index is 0.0590. The summed E-state index contributed by atoms with van der Waals surface area (Å²) in [5.74, 6) is -0.113. The van der Waals surface area contributed by atoms with E-state index in [2.05, 4.69) is 12.2 Å². The normalized spacial score (nSPS) is 29.5. The maximum absolute atomic E-state index is 11.2. The predicted molar refractivity (Wildman–Crippen MR) is 56.9 cm³/mol. The van der Waals surface area contributed by atoms with Gasteiger partial charge in [0.05, 0.1) is 12.5 Å². The van der Waals surface area contributed by atoms with Gasteiger partial charge in [0.2, 0.25) is 0 Å². The van der Waals surface area contributed by atoms with Crippen molar-refractivity contribution in [2.45, 2.75) is 45.1 Å². The van der Waals surface area contributed by atoms with E-state index in [0.717, 1.165) is 25.7 Å². The van der Waals surface area contributed by atoms with E-state index in [1.165, 1.54) is 0 Å². The Labute approximate surface area is 85.6 Å². The lowest BCUT2D eigenvalue weighted by molar-refractivity contribution is -0.147. The molecule has 1 atom stereocenters. The Balaban J connectivity index is 2.44. The number of rotatable bonds is 0. The van der Waals surface area contributed by atoms with Crippen molar-refractivity contribution >= 4 is 5.97 Å². The summed E-state index contributed by atoms with van der Waals surface area (Å²) >= 11 is 0. The number of carbonyl (C=O) groups is 1. The fourth-order valence-corrected chi connectivity index (χ4v) is 1.42. The molecule has 2 nitrogen and oxygen atoms in total. The molecule has 0 saturated carbocycles. The summed E-state index contributed by atoms with van der Waals surface area (Å²) in [7, 11) is 0. The Bertz CT molecular complexity index is 228. The van der Waals surface area contributed by atoms with Gasteiger partial charge in [0, 0.05) is 0 Å². The fourth-order valence-electron chi connectivity index (χ4n) is 1.42. The van der Waals surface area contributed by atoms with E-state index < -0.39 is 0 Å². The molecule has 0 saturated heterocycles. The molecule has 0 radical (unpaired) electrons. The summed E-state index contributed by atoms with van der Waals surface area (Å²) in [5.41, 5.74) is 0. The maximum Gasteiger partial charge on any atom is 0.309 e. The molecule has 1 rings (SSSR count). The molecule has 1 heterocycles. The van der Waals surface area contributed by atoms with Crippen LogP contribution in [0, 0.1) is 0 Å². The highest BCUT2D eigenvalue weighted by Gasteiger charge is 2.07. The van der Waals surface area contributed by atoms with Crippen molar-refractivity contribution < 1.29 is 9.53 Å². The number of esters is 1. The Morgan fingerprint density at radius 1 is 1.29 bits per heavy atom. The van der Waals surface area contributed by atoms with E-state index in [1.54, 1.807) is 0 Å². The smallest absolute Gasteiger partial charge is 0.309 e. The number of cyclic esters (lactones) is 1. The SMILES string of the molecule is C[C@@H]1CCC/C=C\C/C=C\CC(=O)O1. The van der Waals surface area contributed by atoms with Crippen LogP contribution in [0.1, 0.15) is 39.0 Å². The largest absolute Gasteiger partial charge is 0.462 e. The second kappa shape index (κ2) is 6.41. The first-order valence-corrected chi connectivity index (χ1v) is 5.28. The van der Waals surface area contributed by atoms with Crippen LogP contribution < -0.4 is 0 Å². The molecule has 0 amide bonds. The van der Waals surface area contributed by atoms with Gasteiger partial charge in [0.1, 0.15) is 0 Å². The van der Waals surface area contributed by atoms with E-state index in [4.69, 9.17) is 4.74 Å². The zero-order valence-corrected chi connectivity index (χ0v) is 8.74. The zero-order valence-electron chi connectivity index (χ0n) is 8.74. The van der Waals surface area contributed by atoms with E-state index in [1.807, 2.05) is 19.1 Å². The van der Waals surface area contributed by atoms with Crippen LogP contribution in [-0.2, 0) is 9.53 Å². The number of hydrogen-bond acceptors (Lipinski definition) is 2. The third-order valence-electron chi connectivity index (χ3n) is 2.20. The third kappa shape index (κ3) is 4.85. The minimum atomic E-state index is -0.113. The predicted octanol–water partition coefficient (Wildman–Crippen LogP) is 2.99. The van der Waals surface area contributed by atoms with Gasteiger partial charge in [0.25, 0.3) is 0 Å². The van der Waals surface area contributed by atoms with Crippen molar-refractivity contribution in [3.05, 3.63) is 24.3 Å². The number of carbonyl (C=O) groups excluding carboxylic acids is 1. The van der Waals surface area contributed by atoms with Crippen LogP contribution in [0.4, 0.5) is 0 Å². The minimum Gasteiger partial charge on any atom is -0.462 e. The first kappa shape index (κ1) is 11.0. The van der Waals surface area contributed by atoms with Crippen LogP contribution in [-0.4, -0.2) is 12.1 Å². The lowest BCUT2D eigenvalue weighted by Crippen LogP contribution is -2.14. The fraction of sp³-hybridized carbons (Fsp3) is 0.583. The maximum atomic E-state index is 11.2. The molecule has 0 bridgehead atoms. The summed E-state index contributed by atoms with van der Waals surface area (Å²) in [6.45, 7) is 1.96. The summed E-state index contributed by atoms with van der Waals surface area (Å²) < 4.78 is 5.21. The van der Waals surface area contributed by atoms with Gasteiger partial charge < -0.3 is 4.74 Å². The lowest BCUT2D eigenvalue weighted by atomic mass is 10.1. The average molecular weight is 194 g/mol. The molecule has 0 aromatic rings. The van der Waals surface area contributed by atoms with Crippen LogP contribution >= 0.6 is 0 Å². The Morgan fingerprint density at radius 2 is 2.07 bits per heavy atom. The highest BCUT2D eigenvalue weighted by Crippen LogP contribution is 2.08. The van der Waals surface area contributed by atoms with Gasteiger partial charge in [-0.25, -0.2) is 0 Å². The van der Waals surface area contributed by atoms with Crippen LogP contribution in [0.2, 0.25) is 0 Å². The highest BCUT2D eigenvalue weighted by atomic mass is 16.5. The molecule has 0 N–H and O–H groups in total. The summed E-state index contributed by atoms with van der Waals surface area (Å²) in [4.78, 5) is 11.2. The molecule has 14 heavy (non-hydrogen) atoms. The molecule has 1 aliphatic heterocycles. The van der Waals surface area contributed by atoms with Gasteiger partial charge in [-0.05, 0) is 32.6 Å². The second-order valence-corrected chi connectivity index (χ2v) is 3.61. The molecule has 0 spiro atoms. The van der Waals surface area contributed by atoms with Crippen molar-refractivity contribution in [3.8, 4) is 0 Å². The molecular weight excluding hydrogens is 176 g/mol. The van der Waals surface area contributed by atoms with Crippen LogP contribution in [0.5, 0.6) is 0 Å². The molecule has 2 heteroatoms. The Hall–Kier alpha value is -1.05. The Kier molecular flexibility index (Phi) is 5.05. The summed E-state index contributed by atoms with van der Waals surface area (Å²) in [6.07, 6.45) is 12.7. The van der Waals surface area contributed by atoms with E-state index in [0.29, 0.717) is 6.42 Å². The molecule has 1 aliphatic rings. The second-order valence-electron chi connectivity index (χ2n) is 3.61. The Morgan fingerprint density at radius 3 is 2.93 bits per heavy atom. The van der Waals surface area contributed by atoms with Gasteiger partial charge >= 0.3 is 5.97 Å². The quantitative estimate of drug-likeness (QED) is 0.437. The van der Waals surface area contributed by atoms with Crippen molar-refractivity contribution in [2.75, 3.05) is 0 Å². The average Bonchev–Trinajstić information content (AvgIpc) is 2.13. The monoisotopic (exact) mass is 194 g/mol. The summed E-state index contributed by atoms with van der Waals surface area (Å²) in [5, 5.41) is 0. The van der Waals surface area contributed by atoms with Gasteiger partial charge in [-0.3, -0.25) is 4.79 Å². The first-order chi connectivity index (χ1) is 6.79. The topological polar surface area (TPSA) is 26.3 Å². The molecule has 78 valence electrons. The van der Waals surface area contributed by atoms with Gasteiger partial charge in [-0.15, -0.1) is 0 Å². The molecule has 0 fully saturated rings. The van der Waals surface area contributed by atoms with Crippen LogP contribution in [0.15, 0.2) is 24.3 Å². The first-order valence-electron chi connectivity index (χ1n) is 5.28. The number of hydrogen-bond donors (Lipinski definition) is 0. The van der Waals surface area contributed by atoms with E-state index in [9.17, 15) is 4.79 Å². The lowest BCUT2D eigenvalue weighted by Gasteiger charge is -2.11. The molecule has 0 aromatic heterocycles. The molecule has 0 unspecified atom stereocenters. The molecule has 0 aromatic carbocycles. The van der Waals surface area contributed by atoms with Crippen molar-refractivity contribution in [1.29, 1.82) is 0 Å². The van der Waals surface area contributed by atoms with E-state index >= 15 is 0 Å². The van der Waals surface area contributed by atoms with E-state index in [-0.39, 0.29) is 12.1 Å². The van der Waals surface area contributed by atoms with Crippen LogP contribution in [0.3, 0.4) is 0 Å². The molecular formula is C12H18O2. The number of ether oxygens (including phenoxy) is 1. The zero-order chi connectivity index (χ0) is 10.2. The third-order valence-corrected chi connectivity index (χ3v) is 2.20. The van der Waals surface area contributed by atoms with Crippen molar-refractivity contribution in [3.63, 3.8) is 0 Å². The summed E-state index contributed by atoms with van der Waals surface area (Å²) in [6, 6.07) is 0. The van der Waals surface area contributed by atoms with Gasteiger partial charge in [0.15, 0.2) is 0 Å². The standard InChI is InChI=1S/C12H18O2/c1-11-9-7-5-3-2-4-6-8-10-12(13)14-11/h2-3,6,8,11H,4-5,7,9-10H2,1H3/b3-2-,8-6-/t11-/m1/s1. The van der Waals surface area contributed by atoms with Gasteiger partial charge in [-0.2, -0.15) is 0 Å². The van der Waals surface area contributed by atoms with Crippen molar-refractivity contribution in [2.24, 2.45) is 0 Å². The number of allylic oxidation sites excluding steroid dienone is 3.